The molecule has 2 nitrogen and oxygen atoms in total. The van der Waals surface area contributed by atoms with Gasteiger partial charge in [0, 0.05) is 18.0 Å². The SMILES string of the molecule is CNC(c1ccc(C)c(F)c1)c1cnccc1C(F)(F)F. The first-order chi connectivity index (χ1) is 9.84. The predicted octanol–water partition coefficient (Wildman–Crippen LogP) is 3.86. The number of halogens is 4. The van der Waals surface area contributed by atoms with Gasteiger partial charge in [-0.05, 0) is 37.2 Å². The van der Waals surface area contributed by atoms with Crippen LogP contribution in [0.2, 0.25) is 0 Å². The normalized spacial score (nSPS) is 13.2. The molecule has 1 heterocycles. The summed E-state index contributed by atoms with van der Waals surface area (Å²) < 4.78 is 52.9. The first-order valence-electron chi connectivity index (χ1n) is 6.29. The largest absolute Gasteiger partial charge is 0.416 e. The zero-order chi connectivity index (χ0) is 15.6. The van der Waals surface area contributed by atoms with Gasteiger partial charge in [0.15, 0.2) is 0 Å². The van der Waals surface area contributed by atoms with E-state index in [1.54, 1.807) is 19.1 Å². The summed E-state index contributed by atoms with van der Waals surface area (Å²) in [6, 6.07) is 4.52. The van der Waals surface area contributed by atoms with Gasteiger partial charge < -0.3 is 5.32 Å². The Morgan fingerprint density at radius 1 is 1.19 bits per heavy atom. The van der Waals surface area contributed by atoms with E-state index in [4.69, 9.17) is 0 Å². The Morgan fingerprint density at radius 2 is 1.90 bits per heavy atom. The molecule has 0 aliphatic rings. The summed E-state index contributed by atoms with van der Waals surface area (Å²) in [6.45, 7) is 1.60. The van der Waals surface area contributed by atoms with Crippen LogP contribution in [0.25, 0.3) is 0 Å². The van der Waals surface area contributed by atoms with Crippen LogP contribution in [0.5, 0.6) is 0 Å². The molecule has 1 aromatic heterocycles. The van der Waals surface area contributed by atoms with Crippen molar-refractivity contribution < 1.29 is 17.6 Å². The number of benzene rings is 1. The molecule has 0 saturated heterocycles. The van der Waals surface area contributed by atoms with E-state index in [1.165, 1.54) is 13.1 Å². The highest BCUT2D eigenvalue weighted by Gasteiger charge is 2.35. The zero-order valence-corrected chi connectivity index (χ0v) is 11.5. The third-order valence-electron chi connectivity index (χ3n) is 3.29. The van der Waals surface area contributed by atoms with Crippen molar-refractivity contribution in [2.24, 2.45) is 0 Å². The second-order valence-electron chi connectivity index (χ2n) is 4.69. The van der Waals surface area contributed by atoms with Crippen molar-refractivity contribution in [2.75, 3.05) is 7.05 Å². The maximum Gasteiger partial charge on any atom is 0.416 e. The monoisotopic (exact) mass is 298 g/mol. The molecule has 2 aromatic rings. The fourth-order valence-corrected chi connectivity index (χ4v) is 2.19. The lowest BCUT2D eigenvalue weighted by atomic mass is 9.95. The van der Waals surface area contributed by atoms with E-state index < -0.39 is 23.6 Å². The summed E-state index contributed by atoms with van der Waals surface area (Å²) in [5, 5.41) is 2.79. The lowest BCUT2D eigenvalue weighted by Gasteiger charge is -2.21. The zero-order valence-electron chi connectivity index (χ0n) is 11.5. The van der Waals surface area contributed by atoms with Crippen molar-refractivity contribution in [1.82, 2.24) is 10.3 Å². The number of nitrogens with one attached hydrogen (secondary N) is 1. The molecule has 21 heavy (non-hydrogen) atoms. The molecule has 0 radical (unpaired) electrons. The van der Waals surface area contributed by atoms with Crippen LogP contribution in [0.4, 0.5) is 17.6 Å². The van der Waals surface area contributed by atoms with Crippen molar-refractivity contribution >= 4 is 0 Å². The number of nitrogens with zero attached hydrogens (tertiary/aromatic N) is 1. The van der Waals surface area contributed by atoms with Gasteiger partial charge in [0.05, 0.1) is 11.6 Å². The summed E-state index contributed by atoms with van der Waals surface area (Å²) in [5.74, 6) is -0.454. The number of alkyl halides is 3. The van der Waals surface area contributed by atoms with Gasteiger partial charge in [-0.3, -0.25) is 4.98 Å². The first kappa shape index (κ1) is 15.4. The number of hydrogen-bond donors (Lipinski definition) is 1. The van der Waals surface area contributed by atoms with Gasteiger partial charge in [0.1, 0.15) is 5.82 Å². The van der Waals surface area contributed by atoms with Gasteiger partial charge in [-0.25, -0.2) is 4.39 Å². The van der Waals surface area contributed by atoms with Crippen LogP contribution in [0.3, 0.4) is 0 Å². The number of aromatic nitrogens is 1. The summed E-state index contributed by atoms with van der Waals surface area (Å²) in [6.07, 6.45) is -2.24. The number of rotatable bonds is 3. The van der Waals surface area contributed by atoms with Crippen LogP contribution in [0, 0.1) is 12.7 Å². The van der Waals surface area contributed by atoms with Crippen LogP contribution < -0.4 is 5.32 Å². The second kappa shape index (κ2) is 5.81. The van der Waals surface area contributed by atoms with Crippen molar-refractivity contribution in [2.45, 2.75) is 19.1 Å². The molecule has 0 saturated carbocycles. The minimum absolute atomic E-state index is 0.0317. The van der Waals surface area contributed by atoms with Crippen molar-refractivity contribution in [3.05, 3.63) is 64.7 Å². The average Bonchev–Trinajstić information content (AvgIpc) is 2.43. The molecule has 2 rings (SSSR count). The highest BCUT2D eigenvalue weighted by atomic mass is 19.4. The lowest BCUT2D eigenvalue weighted by molar-refractivity contribution is -0.138. The van der Waals surface area contributed by atoms with Gasteiger partial charge in [-0.1, -0.05) is 12.1 Å². The van der Waals surface area contributed by atoms with Crippen LogP contribution >= 0.6 is 0 Å². The van der Waals surface area contributed by atoms with Gasteiger partial charge in [0.25, 0.3) is 0 Å². The fraction of sp³-hybridized carbons (Fsp3) is 0.267. The Kier molecular flexibility index (Phi) is 4.27. The van der Waals surface area contributed by atoms with E-state index in [9.17, 15) is 17.6 Å². The minimum Gasteiger partial charge on any atom is -0.309 e. The Balaban J connectivity index is 2.54. The smallest absolute Gasteiger partial charge is 0.309 e. The Hall–Kier alpha value is -1.95. The molecule has 1 atom stereocenters. The maximum absolute atomic E-state index is 13.7. The summed E-state index contributed by atoms with van der Waals surface area (Å²) in [7, 11) is 1.52. The molecule has 1 unspecified atom stereocenters. The molecular formula is C15H14F4N2. The van der Waals surface area contributed by atoms with Crippen molar-refractivity contribution in [1.29, 1.82) is 0 Å². The molecule has 6 heteroatoms. The third kappa shape index (κ3) is 3.21. The lowest BCUT2D eigenvalue weighted by Crippen LogP contribution is -2.22. The van der Waals surface area contributed by atoms with E-state index >= 15 is 0 Å². The second-order valence-corrected chi connectivity index (χ2v) is 4.69. The molecule has 1 aromatic carbocycles. The Morgan fingerprint density at radius 3 is 2.48 bits per heavy atom. The molecule has 0 fully saturated rings. The topological polar surface area (TPSA) is 24.9 Å². The molecule has 0 bridgehead atoms. The van der Waals surface area contributed by atoms with E-state index in [2.05, 4.69) is 10.3 Å². The average molecular weight is 298 g/mol. The summed E-state index contributed by atoms with van der Waals surface area (Å²) in [4.78, 5) is 3.76. The molecule has 112 valence electrons. The summed E-state index contributed by atoms with van der Waals surface area (Å²) in [5.41, 5.74) is 0.0449. The van der Waals surface area contributed by atoms with Crippen molar-refractivity contribution in [3.63, 3.8) is 0 Å². The van der Waals surface area contributed by atoms with Crippen LogP contribution in [-0.2, 0) is 6.18 Å². The molecule has 0 aliphatic carbocycles. The molecule has 0 amide bonds. The number of aryl methyl sites for hydroxylation is 1. The number of pyridine rings is 1. The molecule has 0 aliphatic heterocycles. The van der Waals surface area contributed by atoms with Gasteiger partial charge in [-0.2, -0.15) is 13.2 Å². The third-order valence-corrected chi connectivity index (χ3v) is 3.29. The van der Waals surface area contributed by atoms with E-state index in [0.29, 0.717) is 11.1 Å². The van der Waals surface area contributed by atoms with E-state index in [-0.39, 0.29) is 5.56 Å². The maximum atomic E-state index is 13.7. The molecular weight excluding hydrogens is 284 g/mol. The predicted molar refractivity (Wildman–Crippen MR) is 71.3 cm³/mol. The number of hydrogen-bond acceptors (Lipinski definition) is 2. The minimum atomic E-state index is -4.49. The van der Waals surface area contributed by atoms with E-state index in [0.717, 1.165) is 18.5 Å². The Labute approximate surface area is 119 Å². The van der Waals surface area contributed by atoms with Crippen molar-refractivity contribution in [3.8, 4) is 0 Å². The Bertz CT molecular complexity index is 638. The molecule has 1 N–H and O–H groups in total. The van der Waals surface area contributed by atoms with Gasteiger partial charge in [0.2, 0.25) is 0 Å². The first-order valence-corrected chi connectivity index (χ1v) is 6.29. The van der Waals surface area contributed by atoms with E-state index in [1.807, 2.05) is 0 Å². The highest BCUT2D eigenvalue weighted by molar-refractivity contribution is 5.38. The van der Waals surface area contributed by atoms with Crippen LogP contribution in [-0.4, -0.2) is 12.0 Å². The standard InChI is InChI=1S/C15H14F4N2/c1-9-3-4-10(7-13(9)16)14(20-2)11-8-21-6-5-12(11)15(17,18)19/h3-8,14,20H,1-2H3. The quantitative estimate of drug-likeness (QED) is 0.870. The summed E-state index contributed by atoms with van der Waals surface area (Å²) >= 11 is 0. The van der Waals surface area contributed by atoms with Crippen LogP contribution in [0.1, 0.15) is 28.3 Å². The molecule has 0 spiro atoms. The van der Waals surface area contributed by atoms with Gasteiger partial charge in [-0.15, -0.1) is 0 Å². The highest BCUT2D eigenvalue weighted by Crippen LogP contribution is 2.36. The van der Waals surface area contributed by atoms with Gasteiger partial charge >= 0.3 is 6.18 Å². The fourth-order valence-electron chi connectivity index (χ4n) is 2.19. The van der Waals surface area contributed by atoms with Crippen LogP contribution in [0.15, 0.2) is 36.7 Å².